The molecule has 0 amide bonds. The molecule has 0 aliphatic rings. The van der Waals surface area contributed by atoms with E-state index in [9.17, 15) is 0 Å². The maximum atomic E-state index is 3.28. The summed E-state index contributed by atoms with van der Waals surface area (Å²) < 4.78 is 0. The molecule has 21 heavy (non-hydrogen) atoms. The summed E-state index contributed by atoms with van der Waals surface area (Å²) in [6.45, 7) is 2.26. The minimum atomic E-state index is 1.06. The maximum absolute atomic E-state index is 3.28. The van der Waals surface area contributed by atoms with E-state index in [2.05, 4.69) is 48.0 Å². The molecule has 0 fully saturated rings. The SMILES string of the molecule is CCCSCCCCCCCCCCC#Cc1cccs1. The van der Waals surface area contributed by atoms with Gasteiger partial charge in [-0.3, -0.25) is 0 Å². The summed E-state index contributed by atoms with van der Waals surface area (Å²) in [5.41, 5.74) is 0. The van der Waals surface area contributed by atoms with Gasteiger partial charge < -0.3 is 0 Å². The fourth-order valence-corrected chi connectivity index (χ4v) is 3.72. The Morgan fingerprint density at radius 1 is 0.952 bits per heavy atom. The number of hydrogen-bond acceptors (Lipinski definition) is 2. The molecular weight excluding hydrogens is 292 g/mol. The van der Waals surface area contributed by atoms with E-state index in [1.165, 1.54) is 74.2 Å². The third kappa shape index (κ3) is 11.9. The van der Waals surface area contributed by atoms with Crippen molar-refractivity contribution in [3.8, 4) is 11.8 Å². The van der Waals surface area contributed by atoms with Crippen LogP contribution in [0.4, 0.5) is 0 Å². The first-order chi connectivity index (χ1) is 10.4. The van der Waals surface area contributed by atoms with Crippen molar-refractivity contribution in [1.29, 1.82) is 0 Å². The second-order valence-electron chi connectivity index (χ2n) is 5.47. The van der Waals surface area contributed by atoms with Gasteiger partial charge in [-0.1, -0.05) is 63.4 Å². The van der Waals surface area contributed by atoms with Crippen molar-refractivity contribution >= 4 is 23.1 Å². The lowest BCUT2D eigenvalue weighted by atomic mass is 10.1. The van der Waals surface area contributed by atoms with Gasteiger partial charge in [-0.15, -0.1) is 11.3 Å². The minimum Gasteiger partial charge on any atom is -0.162 e. The van der Waals surface area contributed by atoms with Gasteiger partial charge in [0, 0.05) is 6.42 Å². The third-order valence-electron chi connectivity index (χ3n) is 3.42. The van der Waals surface area contributed by atoms with Crippen molar-refractivity contribution in [3.63, 3.8) is 0 Å². The molecule has 0 aliphatic heterocycles. The predicted molar refractivity (Wildman–Crippen MR) is 100 cm³/mol. The van der Waals surface area contributed by atoms with Gasteiger partial charge in [0.15, 0.2) is 0 Å². The highest BCUT2D eigenvalue weighted by Gasteiger charge is 1.93. The largest absolute Gasteiger partial charge is 0.162 e. The molecule has 1 rings (SSSR count). The summed E-state index contributed by atoms with van der Waals surface area (Å²) in [5, 5.41) is 2.09. The van der Waals surface area contributed by atoms with E-state index in [0.29, 0.717) is 0 Å². The number of thioether (sulfide) groups is 1. The second kappa shape index (κ2) is 14.5. The fraction of sp³-hybridized carbons (Fsp3) is 0.684. The van der Waals surface area contributed by atoms with Crippen molar-refractivity contribution in [2.45, 2.75) is 71.1 Å². The van der Waals surface area contributed by atoms with E-state index in [1.54, 1.807) is 11.3 Å². The molecule has 0 bridgehead atoms. The first-order valence-electron chi connectivity index (χ1n) is 8.53. The molecule has 2 heteroatoms. The van der Waals surface area contributed by atoms with Gasteiger partial charge in [-0.05, 0) is 42.2 Å². The monoisotopic (exact) mass is 322 g/mol. The molecule has 0 atom stereocenters. The summed E-state index contributed by atoms with van der Waals surface area (Å²) in [7, 11) is 0. The number of rotatable bonds is 12. The topological polar surface area (TPSA) is 0 Å². The summed E-state index contributed by atoms with van der Waals surface area (Å²) in [5.74, 6) is 9.23. The maximum Gasteiger partial charge on any atom is 0.0768 e. The molecule has 1 aromatic heterocycles. The molecule has 0 N–H and O–H groups in total. The van der Waals surface area contributed by atoms with Crippen LogP contribution in [0.5, 0.6) is 0 Å². The highest BCUT2D eigenvalue weighted by molar-refractivity contribution is 7.99. The van der Waals surface area contributed by atoms with E-state index in [0.717, 1.165) is 6.42 Å². The molecule has 0 aliphatic carbocycles. The van der Waals surface area contributed by atoms with Crippen LogP contribution in [0.1, 0.15) is 76.0 Å². The summed E-state index contributed by atoms with van der Waals surface area (Å²) in [6, 6.07) is 4.16. The van der Waals surface area contributed by atoms with Gasteiger partial charge in [0.2, 0.25) is 0 Å². The molecule has 118 valence electrons. The zero-order chi connectivity index (χ0) is 15.0. The Morgan fingerprint density at radius 2 is 1.67 bits per heavy atom. The van der Waals surface area contributed by atoms with E-state index >= 15 is 0 Å². The molecule has 1 heterocycles. The molecule has 0 saturated heterocycles. The highest BCUT2D eigenvalue weighted by Crippen LogP contribution is 2.12. The van der Waals surface area contributed by atoms with E-state index in [4.69, 9.17) is 0 Å². The highest BCUT2D eigenvalue weighted by atomic mass is 32.2. The van der Waals surface area contributed by atoms with Crippen LogP contribution in [0.2, 0.25) is 0 Å². The molecule has 0 nitrogen and oxygen atoms in total. The summed E-state index contributed by atoms with van der Waals surface area (Å²) in [6.07, 6.45) is 13.5. The van der Waals surface area contributed by atoms with Crippen LogP contribution in [-0.4, -0.2) is 11.5 Å². The van der Waals surface area contributed by atoms with Crippen molar-refractivity contribution in [1.82, 2.24) is 0 Å². The van der Waals surface area contributed by atoms with E-state index in [-0.39, 0.29) is 0 Å². The molecule has 0 radical (unpaired) electrons. The number of thiophene rings is 1. The average molecular weight is 323 g/mol. The Balaban J connectivity index is 1.77. The minimum absolute atomic E-state index is 1.06. The van der Waals surface area contributed by atoms with Crippen LogP contribution >= 0.6 is 23.1 Å². The lowest BCUT2D eigenvalue weighted by Crippen LogP contribution is -1.84. The van der Waals surface area contributed by atoms with Gasteiger partial charge in [0.25, 0.3) is 0 Å². The first-order valence-corrected chi connectivity index (χ1v) is 10.6. The molecule has 0 saturated carbocycles. The van der Waals surface area contributed by atoms with Crippen LogP contribution < -0.4 is 0 Å². The van der Waals surface area contributed by atoms with Crippen LogP contribution in [-0.2, 0) is 0 Å². The van der Waals surface area contributed by atoms with E-state index in [1.807, 2.05) is 0 Å². The molecule has 0 aromatic carbocycles. The Hall–Kier alpha value is -0.390. The smallest absolute Gasteiger partial charge is 0.0768 e. The average Bonchev–Trinajstić information content (AvgIpc) is 3.01. The summed E-state index contributed by atoms with van der Waals surface area (Å²) in [4.78, 5) is 1.20. The molecule has 1 aromatic rings. The normalized spacial score (nSPS) is 10.3. The zero-order valence-electron chi connectivity index (χ0n) is 13.5. The Kier molecular flexibility index (Phi) is 12.9. The first kappa shape index (κ1) is 18.7. The van der Waals surface area contributed by atoms with Crippen molar-refractivity contribution in [2.24, 2.45) is 0 Å². The Labute approximate surface area is 140 Å². The summed E-state index contributed by atoms with van der Waals surface area (Å²) >= 11 is 3.85. The van der Waals surface area contributed by atoms with Crippen molar-refractivity contribution in [3.05, 3.63) is 22.4 Å². The van der Waals surface area contributed by atoms with Crippen molar-refractivity contribution < 1.29 is 0 Å². The fourth-order valence-electron chi connectivity index (χ4n) is 2.22. The quantitative estimate of drug-likeness (QED) is 0.303. The van der Waals surface area contributed by atoms with Crippen LogP contribution in [0, 0.1) is 11.8 Å². The molecule has 0 unspecified atom stereocenters. The third-order valence-corrected chi connectivity index (χ3v) is 5.48. The molecular formula is C19H30S2. The predicted octanol–water partition coefficient (Wildman–Crippen LogP) is 6.75. The lowest BCUT2D eigenvalue weighted by molar-refractivity contribution is 0.580. The van der Waals surface area contributed by atoms with Crippen LogP contribution in [0.3, 0.4) is 0 Å². The van der Waals surface area contributed by atoms with Gasteiger partial charge in [0.1, 0.15) is 0 Å². The van der Waals surface area contributed by atoms with Crippen molar-refractivity contribution in [2.75, 3.05) is 11.5 Å². The second-order valence-corrected chi connectivity index (χ2v) is 7.64. The molecule has 0 spiro atoms. The van der Waals surface area contributed by atoms with Gasteiger partial charge >= 0.3 is 0 Å². The zero-order valence-corrected chi connectivity index (χ0v) is 15.2. The number of unbranched alkanes of at least 4 members (excludes halogenated alkanes) is 8. The van der Waals surface area contributed by atoms with Gasteiger partial charge in [-0.25, -0.2) is 0 Å². The standard InChI is InChI=1S/C19H30S2/c1-2-16-20-17-12-10-8-6-4-3-5-7-9-11-14-19-15-13-18-21-19/h13,15,18H,2-10,12,16-17H2,1H3. The van der Waals surface area contributed by atoms with Crippen LogP contribution in [0.15, 0.2) is 17.5 Å². The van der Waals surface area contributed by atoms with Crippen LogP contribution in [0.25, 0.3) is 0 Å². The Bertz CT molecular complexity index is 370. The lowest BCUT2D eigenvalue weighted by Gasteiger charge is -2.01. The van der Waals surface area contributed by atoms with E-state index < -0.39 is 0 Å². The van der Waals surface area contributed by atoms with Gasteiger partial charge in [0.05, 0.1) is 4.88 Å². The number of hydrogen-bond donors (Lipinski definition) is 0. The van der Waals surface area contributed by atoms with Gasteiger partial charge in [-0.2, -0.15) is 11.8 Å². The Morgan fingerprint density at radius 3 is 2.33 bits per heavy atom.